The Morgan fingerprint density at radius 3 is 2.59 bits per heavy atom. The Labute approximate surface area is 102 Å². The molecule has 0 aliphatic heterocycles. The van der Waals surface area contributed by atoms with Crippen LogP contribution in [0.2, 0.25) is 0 Å². The Hall–Kier alpha value is -1.51. The number of rotatable bonds is 3. The third kappa shape index (κ3) is 4.89. The van der Waals surface area contributed by atoms with Gasteiger partial charge in [-0.1, -0.05) is 19.1 Å². The molecule has 1 atom stereocenters. The van der Waals surface area contributed by atoms with Crippen LogP contribution in [-0.4, -0.2) is 16.7 Å². The topological polar surface area (TPSA) is 46.5 Å². The predicted molar refractivity (Wildman–Crippen MR) is 66.8 cm³/mol. The van der Waals surface area contributed by atoms with Crippen molar-refractivity contribution in [1.82, 2.24) is 0 Å². The van der Waals surface area contributed by atoms with Crippen LogP contribution in [0.15, 0.2) is 24.3 Å². The molecule has 1 rings (SSSR count). The summed E-state index contributed by atoms with van der Waals surface area (Å²) in [5.41, 5.74) is 0.479. The molecule has 0 saturated carbocycles. The number of carbonyl (C=O) groups excluding carboxylic acids is 1. The van der Waals surface area contributed by atoms with Crippen LogP contribution in [-0.2, 0) is 16.0 Å². The first-order chi connectivity index (χ1) is 7.78. The number of ether oxygens (including phenoxy) is 1. The fraction of sp³-hybridized carbons (Fsp3) is 0.500. The maximum atomic E-state index is 11.8. The molecule has 17 heavy (non-hydrogen) atoms. The molecule has 0 saturated heterocycles. The van der Waals surface area contributed by atoms with Gasteiger partial charge in [-0.05, 0) is 44.9 Å². The minimum absolute atomic E-state index is 0.208. The molecule has 1 aromatic carbocycles. The molecule has 94 valence electrons. The molecule has 0 unspecified atom stereocenters. The highest BCUT2D eigenvalue weighted by molar-refractivity contribution is 5.72. The minimum Gasteiger partial charge on any atom is -0.508 e. The lowest BCUT2D eigenvalue weighted by molar-refractivity contribution is -0.159. The molecule has 0 fully saturated rings. The van der Waals surface area contributed by atoms with Gasteiger partial charge in [-0.15, -0.1) is 0 Å². The molecule has 0 aromatic heterocycles. The van der Waals surface area contributed by atoms with Crippen molar-refractivity contribution in [3.8, 4) is 5.75 Å². The molecule has 0 bridgehead atoms. The van der Waals surface area contributed by atoms with E-state index in [1.165, 1.54) is 0 Å². The molecule has 0 amide bonds. The number of benzene rings is 1. The SMILES string of the molecule is C[C@@H](Cc1cccc(O)c1)C(=O)OC(C)(C)C. The fourth-order valence-electron chi connectivity index (χ4n) is 1.52. The van der Waals surface area contributed by atoms with E-state index in [9.17, 15) is 9.90 Å². The van der Waals surface area contributed by atoms with Crippen molar-refractivity contribution in [2.45, 2.75) is 39.7 Å². The smallest absolute Gasteiger partial charge is 0.309 e. The van der Waals surface area contributed by atoms with Crippen LogP contribution in [0.4, 0.5) is 0 Å². The summed E-state index contributed by atoms with van der Waals surface area (Å²) in [6, 6.07) is 6.94. The third-order valence-corrected chi connectivity index (χ3v) is 2.26. The van der Waals surface area contributed by atoms with Gasteiger partial charge in [0.05, 0.1) is 5.92 Å². The quantitative estimate of drug-likeness (QED) is 0.821. The maximum absolute atomic E-state index is 11.8. The Morgan fingerprint density at radius 1 is 1.41 bits per heavy atom. The Kier molecular flexibility index (Phi) is 4.16. The first-order valence-electron chi connectivity index (χ1n) is 5.79. The van der Waals surface area contributed by atoms with E-state index in [1.807, 2.05) is 33.8 Å². The van der Waals surface area contributed by atoms with E-state index in [0.29, 0.717) is 6.42 Å². The molecule has 0 spiro atoms. The summed E-state index contributed by atoms with van der Waals surface area (Å²) in [5.74, 6) is -0.198. The largest absolute Gasteiger partial charge is 0.508 e. The van der Waals surface area contributed by atoms with E-state index in [4.69, 9.17) is 4.74 Å². The molecule has 1 N–H and O–H groups in total. The highest BCUT2D eigenvalue weighted by atomic mass is 16.6. The highest BCUT2D eigenvalue weighted by Crippen LogP contribution is 2.17. The second kappa shape index (κ2) is 5.21. The van der Waals surface area contributed by atoms with Gasteiger partial charge in [-0.3, -0.25) is 4.79 Å². The van der Waals surface area contributed by atoms with E-state index in [0.717, 1.165) is 5.56 Å². The van der Waals surface area contributed by atoms with Crippen LogP contribution in [0.25, 0.3) is 0 Å². The standard InChI is InChI=1S/C14H20O3/c1-10(13(16)17-14(2,3)4)8-11-6-5-7-12(15)9-11/h5-7,9-10,15H,8H2,1-4H3/t10-/m0/s1. The van der Waals surface area contributed by atoms with Crippen molar-refractivity contribution in [3.05, 3.63) is 29.8 Å². The van der Waals surface area contributed by atoms with E-state index < -0.39 is 5.60 Å². The molecular formula is C14H20O3. The minimum atomic E-state index is -0.454. The molecule has 0 heterocycles. The maximum Gasteiger partial charge on any atom is 0.309 e. The number of carbonyl (C=O) groups is 1. The van der Waals surface area contributed by atoms with Crippen molar-refractivity contribution in [3.63, 3.8) is 0 Å². The van der Waals surface area contributed by atoms with Gasteiger partial charge in [-0.25, -0.2) is 0 Å². The van der Waals surface area contributed by atoms with Crippen LogP contribution >= 0.6 is 0 Å². The first kappa shape index (κ1) is 13.6. The van der Waals surface area contributed by atoms with Crippen LogP contribution < -0.4 is 0 Å². The van der Waals surface area contributed by atoms with Crippen LogP contribution in [0.3, 0.4) is 0 Å². The van der Waals surface area contributed by atoms with E-state index >= 15 is 0 Å². The van der Waals surface area contributed by atoms with Gasteiger partial charge in [0.15, 0.2) is 0 Å². The van der Waals surface area contributed by atoms with Crippen LogP contribution in [0.5, 0.6) is 5.75 Å². The molecule has 0 radical (unpaired) electrons. The number of phenols is 1. The Bertz CT molecular complexity index is 391. The zero-order valence-electron chi connectivity index (χ0n) is 10.9. The number of hydrogen-bond donors (Lipinski definition) is 1. The normalized spacial score (nSPS) is 13.2. The lowest BCUT2D eigenvalue weighted by Crippen LogP contribution is -2.28. The van der Waals surface area contributed by atoms with Gasteiger partial charge in [0.25, 0.3) is 0 Å². The van der Waals surface area contributed by atoms with E-state index in [-0.39, 0.29) is 17.6 Å². The van der Waals surface area contributed by atoms with Gasteiger partial charge in [0.1, 0.15) is 11.4 Å². The zero-order chi connectivity index (χ0) is 13.1. The van der Waals surface area contributed by atoms with Gasteiger partial charge in [0, 0.05) is 0 Å². The lowest BCUT2D eigenvalue weighted by atomic mass is 10.0. The molecule has 0 aliphatic rings. The zero-order valence-corrected chi connectivity index (χ0v) is 10.9. The summed E-state index contributed by atoms with van der Waals surface area (Å²) in [7, 11) is 0. The average Bonchev–Trinajstić information content (AvgIpc) is 2.14. The second-order valence-electron chi connectivity index (χ2n) is 5.31. The van der Waals surface area contributed by atoms with Gasteiger partial charge >= 0.3 is 5.97 Å². The van der Waals surface area contributed by atoms with Crippen molar-refractivity contribution in [2.24, 2.45) is 5.92 Å². The van der Waals surface area contributed by atoms with Crippen molar-refractivity contribution in [1.29, 1.82) is 0 Å². The van der Waals surface area contributed by atoms with Gasteiger partial charge in [-0.2, -0.15) is 0 Å². The number of hydrogen-bond acceptors (Lipinski definition) is 3. The highest BCUT2D eigenvalue weighted by Gasteiger charge is 2.21. The molecule has 1 aromatic rings. The summed E-state index contributed by atoms with van der Waals surface area (Å²) in [4.78, 5) is 11.8. The molecule has 3 heteroatoms. The summed E-state index contributed by atoms with van der Waals surface area (Å²) in [5, 5.41) is 9.33. The first-order valence-corrected chi connectivity index (χ1v) is 5.79. The van der Waals surface area contributed by atoms with Crippen molar-refractivity contribution in [2.75, 3.05) is 0 Å². The summed E-state index contributed by atoms with van der Waals surface area (Å²) in [6.07, 6.45) is 0.573. The number of esters is 1. The van der Waals surface area contributed by atoms with Crippen LogP contribution in [0.1, 0.15) is 33.3 Å². The second-order valence-corrected chi connectivity index (χ2v) is 5.31. The average molecular weight is 236 g/mol. The van der Waals surface area contributed by atoms with Crippen LogP contribution in [0, 0.1) is 5.92 Å². The Morgan fingerprint density at radius 2 is 2.06 bits per heavy atom. The third-order valence-electron chi connectivity index (χ3n) is 2.26. The monoisotopic (exact) mass is 236 g/mol. The molecular weight excluding hydrogens is 216 g/mol. The van der Waals surface area contributed by atoms with E-state index in [2.05, 4.69) is 0 Å². The predicted octanol–water partition coefficient (Wildman–Crippen LogP) is 2.91. The fourth-order valence-corrected chi connectivity index (χ4v) is 1.52. The summed E-state index contributed by atoms with van der Waals surface area (Å²) in [6.45, 7) is 7.39. The van der Waals surface area contributed by atoms with Crippen molar-refractivity contribution < 1.29 is 14.6 Å². The number of aromatic hydroxyl groups is 1. The van der Waals surface area contributed by atoms with Crippen molar-refractivity contribution >= 4 is 5.97 Å². The molecule has 3 nitrogen and oxygen atoms in total. The molecule has 0 aliphatic carbocycles. The lowest BCUT2D eigenvalue weighted by Gasteiger charge is -2.22. The number of phenolic OH excluding ortho intramolecular Hbond substituents is 1. The van der Waals surface area contributed by atoms with Gasteiger partial charge in [0.2, 0.25) is 0 Å². The summed E-state index contributed by atoms with van der Waals surface area (Å²) >= 11 is 0. The Balaban J connectivity index is 2.60. The van der Waals surface area contributed by atoms with E-state index in [1.54, 1.807) is 18.2 Å². The van der Waals surface area contributed by atoms with Gasteiger partial charge < -0.3 is 9.84 Å². The summed E-state index contributed by atoms with van der Waals surface area (Å²) < 4.78 is 5.30.